The molecular weight excluding hydrogens is 364 g/mol. The van der Waals surface area contributed by atoms with Crippen LogP contribution in [0.3, 0.4) is 0 Å². The first kappa shape index (κ1) is 18.4. The third-order valence-electron chi connectivity index (χ3n) is 3.92. The molecule has 1 aromatic carbocycles. The molecule has 0 bridgehead atoms. The van der Waals surface area contributed by atoms with Crippen LogP contribution in [0.25, 0.3) is 11.1 Å². The quantitative estimate of drug-likeness (QED) is 0.604. The van der Waals surface area contributed by atoms with E-state index < -0.39 is 23.6 Å². The Morgan fingerprint density at radius 1 is 1.07 bits per heavy atom. The number of Topliss-reactive ketones (excluding diaryl/α,β-unsaturated/α-hetero) is 1. The molecule has 0 fully saturated rings. The molecule has 0 aliphatic rings. The standard InChI is InChI=1S/C19H16N4O3S/c20-18(25)17(24)15(10-12-4-2-1-3-5-12)22-19(26)16-14(11-27-23-16)13-6-8-21-9-7-13/h1-9,11,15H,10H2,(H2,20,25)(H,22,26). The van der Waals surface area contributed by atoms with Crippen LogP contribution >= 0.6 is 11.5 Å². The molecule has 0 spiro atoms. The van der Waals surface area contributed by atoms with Crippen LogP contribution in [0, 0.1) is 0 Å². The van der Waals surface area contributed by atoms with E-state index in [0.717, 1.165) is 22.7 Å². The molecule has 3 aromatic rings. The number of hydrogen-bond acceptors (Lipinski definition) is 6. The van der Waals surface area contributed by atoms with E-state index in [4.69, 9.17) is 5.73 Å². The van der Waals surface area contributed by atoms with Crippen molar-refractivity contribution in [2.24, 2.45) is 5.73 Å². The first-order chi connectivity index (χ1) is 13.1. The summed E-state index contributed by atoms with van der Waals surface area (Å²) in [7, 11) is 0. The fourth-order valence-corrected chi connectivity index (χ4v) is 3.29. The number of aromatic nitrogens is 2. The van der Waals surface area contributed by atoms with Crippen LogP contribution in [-0.2, 0) is 16.0 Å². The molecule has 0 saturated carbocycles. The van der Waals surface area contributed by atoms with Crippen LogP contribution in [0.1, 0.15) is 16.1 Å². The van der Waals surface area contributed by atoms with Crippen LogP contribution in [0.5, 0.6) is 0 Å². The van der Waals surface area contributed by atoms with Gasteiger partial charge in [-0.05, 0) is 34.8 Å². The molecule has 3 rings (SSSR count). The molecule has 136 valence electrons. The Kier molecular flexibility index (Phi) is 5.68. The number of hydrogen-bond donors (Lipinski definition) is 2. The number of carbonyl (C=O) groups excluding carboxylic acids is 3. The van der Waals surface area contributed by atoms with Gasteiger partial charge in [0.15, 0.2) is 0 Å². The second-order valence-corrected chi connectivity index (χ2v) is 6.39. The summed E-state index contributed by atoms with van der Waals surface area (Å²) in [6.07, 6.45) is 3.39. The van der Waals surface area contributed by atoms with Crippen molar-refractivity contribution in [1.82, 2.24) is 14.7 Å². The topological polar surface area (TPSA) is 115 Å². The van der Waals surface area contributed by atoms with Gasteiger partial charge in [0.05, 0.1) is 0 Å². The minimum atomic E-state index is -1.09. The van der Waals surface area contributed by atoms with E-state index in [9.17, 15) is 14.4 Å². The van der Waals surface area contributed by atoms with E-state index in [0.29, 0.717) is 5.56 Å². The highest BCUT2D eigenvalue weighted by atomic mass is 32.1. The molecule has 0 radical (unpaired) electrons. The predicted octanol–water partition coefficient (Wildman–Crippen LogP) is 1.60. The Bertz CT molecular complexity index is 957. The summed E-state index contributed by atoms with van der Waals surface area (Å²) >= 11 is 1.13. The molecule has 7 nitrogen and oxygen atoms in total. The Morgan fingerprint density at radius 3 is 2.44 bits per heavy atom. The van der Waals surface area contributed by atoms with E-state index in [2.05, 4.69) is 14.7 Å². The smallest absolute Gasteiger partial charge is 0.287 e. The van der Waals surface area contributed by atoms with Gasteiger partial charge in [0.25, 0.3) is 11.8 Å². The van der Waals surface area contributed by atoms with Crippen molar-refractivity contribution in [1.29, 1.82) is 0 Å². The van der Waals surface area contributed by atoms with Gasteiger partial charge in [0, 0.05) is 29.8 Å². The monoisotopic (exact) mass is 380 g/mol. The maximum absolute atomic E-state index is 12.7. The van der Waals surface area contributed by atoms with Gasteiger partial charge in [-0.2, -0.15) is 4.37 Å². The molecule has 1 atom stereocenters. The van der Waals surface area contributed by atoms with E-state index in [1.807, 2.05) is 18.2 Å². The fourth-order valence-electron chi connectivity index (χ4n) is 2.59. The fraction of sp³-hybridized carbons (Fsp3) is 0.105. The van der Waals surface area contributed by atoms with Crippen molar-refractivity contribution >= 4 is 29.1 Å². The average Bonchev–Trinajstić information content (AvgIpc) is 3.18. The Balaban J connectivity index is 1.84. The highest BCUT2D eigenvalue weighted by Gasteiger charge is 2.27. The maximum Gasteiger partial charge on any atom is 0.287 e. The lowest BCUT2D eigenvalue weighted by Gasteiger charge is -2.16. The molecule has 2 amide bonds. The van der Waals surface area contributed by atoms with Crippen LogP contribution in [-0.4, -0.2) is 33.0 Å². The van der Waals surface area contributed by atoms with Crippen molar-refractivity contribution in [3.8, 4) is 11.1 Å². The molecule has 2 aromatic heterocycles. The number of ketones is 1. The highest BCUT2D eigenvalue weighted by molar-refractivity contribution is 7.04. The first-order valence-electron chi connectivity index (χ1n) is 8.09. The minimum absolute atomic E-state index is 0.156. The molecule has 1 unspecified atom stereocenters. The van der Waals surface area contributed by atoms with Crippen molar-refractivity contribution in [3.63, 3.8) is 0 Å². The maximum atomic E-state index is 12.7. The second-order valence-electron chi connectivity index (χ2n) is 5.76. The van der Waals surface area contributed by atoms with Gasteiger partial charge in [0.2, 0.25) is 5.78 Å². The number of benzene rings is 1. The largest absolute Gasteiger partial charge is 0.363 e. The lowest BCUT2D eigenvalue weighted by molar-refractivity contribution is -0.137. The van der Waals surface area contributed by atoms with Gasteiger partial charge in [-0.1, -0.05) is 30.3 Å². The van der Waals surface area contributed by atoms with Crippen LogP contribution in [0.15, 0.2) is 60.2 Å². The lowest BCUT2D eigenvalue weighted by Crippen LogP contribution is -2.47. The van der Waals surface area contributed by atoms with Gasteiger partial charge < -0.3 is 11.1 Å². The number of pyridine rings is 1. The summed E-state index contributed by atoms with van der Waals surface area (Å²) in [6.45, 7) is 0. The van der Waals surface area contributed by atoms with Crippen molar-refractivity contribution in [2.45, 2.75) is 12.5 Å². The minimum Gasteiger partial charge on any atom is -0.363 e. The lowest BCUT2D eigenvalue weighted by atomic mass is 10.0. The zero-order chi connectivity index (χ0) is 19.2. The van der Waals surface area contributed by atoms with E-state index in [1.54, 1.807) is 42.0 Å². The normalized spacial score (nSPS) is 11.6. The first-order valence-corrected chi connectivity index (χ1v) is 8.93. The highest BCUT2D eigenvalue weighted by Crippen LogP contribution is 2.24. The van der Waals surface area contributed by atoms with Crippen molar-refractivity contribution in [3.05, 3.63) is 71.5 Å². The number of nitrogens with one attached hydrogen (secondary N) is 1. The number of rotatable bonds is 7. The number of primary amides is 1. The van der Waals surface area contributed by atoms with Gasteiger partial charge in [-0.25, -0.2) is 0 Å². The Labute approximate surface area is 159 Å². The number of amides is 2. The molecule has 3 N–H and O–H groups in total. The molecule has 0 aliphatic heterocycles. The van der Waals surface area contributed by atoms with Gasteiger partial charge in [-0.15, -0.1) is 0 Å². The summed E-state index contributed by atoms with van der Waals surface area (Å²) in [5.74, 6) is -2.49. The van der Waals surface area contributed by atoms with Crippen molar-refractivity contribution < 1.29 is 14.4 Å². The molecule has 27 heavy (non-hydrogen) atoms. The third kappa shape index (κ3) is 4.42. The van der Waals surface area contributed by atoms with Crippen LogP contribution in [0.4, 0.5) is 0 Å². The second kappa shape index (κ2) is 8.33. The predicted molar refractivity (Wildman–Crippen MR) is 101 cm³/mol. The molecular formula is C19H16N4O3S. The SMILES string of the molecule is NC(=O)C(=O)C(Cc1ccccc1)NC(=O)c1nscc1-c1ccncc1. The number of carbonyl (C=O) groups is 3. The van der Waals surface area contributed by atoms with E-state index in [1.165, 1.54) is 0 Å². The van der Waals surface area contributed by atoms with Crippen LogP contribution < -0.4 is 11.1 Å². The molecule has 0 saturated heterocycles. The summed E-state index contributed by atoms with van der Waals surface area (Å²) in [4.78, 5) is 40.3. The number of nitrogens with zero attached hydrogens (tertiary/aromatic N) is 2. The van der Waals surface area contributed by atoms with Crippen molar-refractivity contribution in [2.75, 3.05) is 0 Å². The Hall–Kier alpha value is -3.39. The average molecular weight is 380 g/mol. The zero-order valence-corrected chi connectivity index (χ0v) is 15.0. The molecule has 2 heterocycles. The third-order valence-corrected chi connectivity index (χ3v) is 4.55. The summed E-state index contributed by atoms with van der Waals surface area (Å²) in [6, 6.07) is 11.5. The zero-order valence-electron chi connectivity index (χ0n) is 14.2. The number of nitrogens with two attached hydrogens (primary N) is 1. The van der Waals surface area contributed by atoms with E-state index >= 15 is 0 Å². The van der Waals surface area contributed by atoms with Gasteiger partial charge >= 0.3 is 0 Å². The molecule has 8 heteroatoms. The summed E-state index contributed by atoms with van der Waals surface area (Å²) in [5, 5.41) is 4.34. The summed E-state index contributed by atoms with van der Waals surface area (Å²) in [5.41, 5.74) is 7.54. The van der Waals surface area contributed by atoms with Gasteiger partial charge in [0.1, 0.15) is 11.7 Å². The van der Waals surface area contributed by atoms with Gasteiger partial charge in [-0.3, -0.25) is 19.4 Å². The Morgan fingerprint density at radius 2 is 1.78 bits per heavy atom. The van der Waals surface area contributed by atoms with E-state index in [-0.39, 0.29) is 12.1 Å². The molecule has 0 aliphatic carbocycles. The van der Waals surface area contributed by atoms with Crippen LogP contribution in [0.2, 0.25) is 0 Å². The summed E-state index contributed by atoms with van der Waals surface area (Å²) < 4.78 is 4.14.